The highest BCUT2D eigenvalue weighted by molar-refractivity contribution is 6.31. The number of carbonyl (C=O) groups is 2. The fourth-order valence-electron chi connectivity index (χ4n) is 3.54. The maximum absolute atomic E-state index is 13.1. The summed E-state index contributed by atoms with van der Waals surface area (Å²) in [6.45, 7) is 1.65. The van der Waals surface area contributed by atoms with E-state index in [1.165, 1.54) is 0 Å². The van der Waals surface area contributed by atoms with Crippen LogP contribution in [0.15, 0.2) is 48.5 Å². The first kappa shape index (κ1) is 20.2. The van der Waals surface area contributed by atoms with Gasteiger partial charge in [-0.25, -0.2) is 0 Å². The molecule has 0 spiro atoms. The van der Waals surface area contributed by atoms with Crippen LogP contribution in [0.4, 0.5) is 0 Å². The van der Waals surface area contributed by atoms with Gasteiger partial charge >= 0.3 is 0 Å². The number of para-hydroxylation sites is 1. The minimum atomic E-state index is -0.290. The zero-order valence-electron chi connectivity index (χ0n) is 15.8. The van der Waals surface area contributed by atoms with Gasteiger partial charge in [0.1, 0.15) is 12.4 Å². The minimum absolute atomic E-state index is 0.0430. The van der Waals surface area contributed by atoms with E-state index in [4.69, 9.17) is 22.1 Å². The van der Waals surface area contributed by atoms with Gasteiger partial charge in [0, 0.05) is 30.1 Å². The third-order valence-corrected chi connectivity index (χ3v) is 5.43. The first-order valence-corrected chi connectivity index (χ1v) is 9.95. The number of hydrogen-bond acceptors (Lipinski definition) is 3. The number of halogens is 1. The standard InChI is InChI=1S/C22H25ClN2O3/c23-19-9-3-1-7-17(19)15-28-20-10-4-2-8-18(20)22(27)25-13-5-6-16(14-25)11-12-21(24)26/h1-4,7-10,16H,5-6,11-15H2,(H2,24,26). The first-order chi connectivity index (χ1) is 13.5. The second kappa shape index (κ2) is 9.60. The number of carbonyl (C=O) groups excluding carboxylic acids is 2. The van der Waals surface area contributed by atoms with E-state index in [9.17, 15) is 9.59 Å². The smallest absolute Gasteiger partial charge is 0.257 e. The second-order valence-corrected chi connectivity index (χ2v) is 7.55. The van der Waals surface area contributed by atoms with Crippen LogP contribution in [0, 0.1) is 5.92 Å². The molecule has 0 saturated carbocycles. The quantitative estimate of drug-likeness (QED) is 0.762. The van der Waals surface area contributed by atoms with Gasteiger partial charge in [-0.2, -0.15) is 0 Å². The lowest BCUT2D eigenvalue weighted by molar-refractivity contribution is -0.118. The van der Waals surface area contributed by atoms with Crippen molar-refractivity contribution in [3.05, 3.63) is 64.7 Å². The molecule has 2 N–H and O–H groups in total. The molecule has 5 nitrogen and oxygen atoms in total. The number of nitrogens with zero attached hydrogens (tertiary/aromatic N) is 1. The molecule has 0 radical (unpaired) electrons. The molecule has 2 amide bonds. The van der Waals surface area contributed by atoms with E-state index in [1.807, 2.05) is 41.3 Å². The molecular formula is C22H25ClN2O3. The Bertz CT molecular complexity index is 840. The summed E-state index contributed by atoms with van der Waals surface area (Å²) in [6, 6.07) is 14.8. The van der Waals surface area contributed by atoms with Crippen molar-refractivity contribution in [2.24, 2.45) is 11.7 Å². The molecule has 2 aromatic rings. The second-order valence-electron chi connectivity index (χ2n) is 7.14. The molecule has 1 saturated heterocycles. The van der Waals surface area contributed by atoms with Crippen molar-refractivity contribution >= 4 is 23.4 Å². The largest absolute Gasteiger partial charge is 0.488 e. The van der Waals surface area contributed by atoms with Gasteiger partial charge in [0.25, 0.3) is 5.91 Å². The molecule has 1 atom stereocenters. The molecule has 1 unspecified atom stereocenters. The number of piperidine rings is 1. The van der Waals surface area contributed by atoms with Crippen LogP contribution in [0.3, 0.4) is 0 Å². The monoisotopic (exact) mass is 400 g/mol. The summed E-state index contributed by atoms with van der Waals surface area (Å²) >= 11 is 6.19. The fourth-order valence-corrected chi connectivity index (χ4v) is 3.73. The van der Waals surface area contributed by atoms with Crippen molar-refractivity contribution < 1.29 is 14.3 Å². The number of nitrogens with two attached hydrogens (primary N) is 1. The van der Waals surface area contributed by atoms with E-state index in [0.29, 0.717) is 48.4 Å². The zero-order chi connectivity index (χ0) is 19.9. The van der Waals surface area contributed by atoms with E-state index in [2.05, 4.69) is 0 Å². The molecular weight excluding hydrogens is 376 g/mol. The van der Waals surface area contributed by atoms with Crippen LogP contribution in [-0.4, -0.2) is 29.8 Å². The Hall–Kier alpha value is -2.53. The maximum atomic E-state index is 13.1. The summed E-state index contributed by atoms with van der Waals surface area (Å²) in [6.07, 6.45) is 3.04. The normalized spacial score (nSPS) is 16.6. The van der Waals surface area contributed by atoms with Crippen LogP contribution >= 0.6 is 11.6 Å². The number of primary amides is 1. The number of amides is 2. The highest BCUT2D eigenvalue weighted by Crippen LogP contribution is 2.27. The maximum Gasteiger partial charge on any atom is 0.257 e. The van der Waals surface area contributed by atoms with E-state index < -0.39 is 0 Å². The summed E-state index contributed by atoms with van der Waals surface area (Å²) in [5.41, 5.74) is 6.68. The average Bonchev–Trinajstić information content (AvgIpc) is 2.71. The molecule has 1 fully saturated rings. The minimum Gasteiger partial charge on any atom is -0.488 e. The SMILES string of the molecule is NC(=O)CCC1CCCN(C(=O)c2ccccc2OCc2ccccc2Cl)C1. The molecule has 0 aliphatic carbocycles. The molecule has 2 aromatic carbocycles. The Morgan fingerprint density at radius 3 is 2.68 bits per heavy atom. The molecule has 28 heavy (non-hydrogen) atoms. The summed E-state index contributed by atoms with van der Waals surface area (Å²) in [5, 5.41) is 0.639. The number of hydrogen-bond donors (Lipinski definition) is 1. The zero-order valence-corrected chi connectivity index (χ0v) is 16.5. The van der Waals surface area contributed by atoms with Crippen molar-refractivity contribution in [3.8, 4) is 5.75 Å². The highest BCUT2D eigenvalue weighted by atomic mass is 35.5. The van der Waals surface area contributed by atoms with E-state index in [0.717, 1.165) is 24.8 Å². The van der Waals surface area contributed by atoms with Gasteiger partial charge in [-0.15, -0.1) is 0 Å². The van der Waals surface area contributed by atoms with Crippen molar-refractivity contribution in [1.29, 1.82) is 0 Å². The van der Waals surface area contributed by atoms with E-state index in [-0.39, 0.29) is 11.8 Å². The molecule has 6 heteroatoms. The Kier molecular flexibility index (Phi) is 6.93. The van der Waals surface area contributed by atoms with Crippen LogP contribution in [0.5, 0.6) is 5.75 Å². The Labute approximate surface area is 170 Å². The van der Waals surface area contributed by atoms with Gasteiger partial charge in [-0.3, -0.25) is 9.59 Å². The van der Waals surface area contributed by atoms with Gasteiger partial charge in [-0.1, -0.05) is 41.9 Å². The third-order valence-electron chi connectivity index (χ3n) is 5.06. The van der Waals surface area contributed by atoms with Crippen LogP contribution in [0.1, 0.15) is 41.6 Å². The third kappa shape index (κ3) is 5.26. The molecule has 3 rings (SSSR count). The van der Waals surface area contributed by atoms with E-state index in [1.54, 1.807) is 12.1 Å². The van der Waals surface area contributed by atoms with E-state index >= 15 is 0 Å². The van der Waals surface area contributed by atoms with Gasteiger partial charge in [0.2, 0.25) is 5.91 Å². The van der Waals surface area contributed by atoms with Crippen LogP contribution < -0.4 is 10.5 Å². The van der Waals surface area contributed by atoms with Crippen molar-refractivity contribution in [2.75, 3.05) is 13.1 Å². The summed E-state index contributed by atoms with van der Waals surface area (Å²) in [5.74, 6) is 0.522. The van der Waals surface area contributed by atoms with Crippen molar-refractivity contribution in [3.63, 3.8) is 0 Å². The lowest BCUT2D eigenvalue weighted by Gasteiger charge is -2.33. The lowest BCUT2D eigenvalue weighted by Crippen LogP contribution is -2.40. The predicted octanol–water partition coefficient (Wildman–Crippen LogP) is 4.04. The highest BCUT2D eigenvalue weighted by Gasteiger charge is 2.26. The Morgan fingerprint density at radius 2 is 1.89 bits per heavy atom. The van der Waals surface area contributed by atoms with Crippen LogP contribution in [0.2, 0.25) is 5.02 Å². The molecule has 148 valence electrons. The molecule has 0 bridgehead atoms. The number of benzene rings is 2. The predicted molar refractivity (Wildman–Crippen MR) is 109 cm³/mol. The summed E-state index contributed by atoms with van der Waals surface area (Å²) in [7, 11) is 0. The fraction of sp³-hybridized carbons (Fsp3) is 0.364. The van der Waals surface area contributed by atoms with Crippen molar-refractivity contribution in [1.82, 2.24) is 4.90 Å². The molecule has 1 aliphatic heterocycles. The number of rotatable bonds is 7. The van der Waals surface area contributed by atoms with Gasteiger partial charge < -0.3 is 15.4 Å². The first-order valence-electron chi connectivity index (χ1n) is 9.57. The van der Waals surface area contributed by atoms with Gasteiger partial charge in [0.05, 0.1) is 5.56 Å². The average molecular weight is 401 g/mol. The number of likely N-dealkylation sites (tertiary alicyclic amines) is 1. The van der Waals surface area contributed by atoms with Crippen molar-refractivity contribution in [2.45, 2.75) is 32.3 Å². The van der Waals surface area contributed by atoms with Gasteiger partial charge in [-0.05, 0) is 43.4 Å². The Balaban J connectivity index is 1.68. The molecule has 0 aromatic heterocycles. The molecule has 1 aliphatic rings. The van der Waals surface area contributed by atoms with Crippen LogP contribution in [-0.2, 0) is 11.4 Å². The summed E-state index contributed by atoms with van der Waals surface area (Å²) in [4.78, 5) is 26.0. The molecule has 1 heterocycles. The summed E-state index contributed by atoms with van der Waals surface area (Å²) < 4.78 is 5.93. The topological polar surface area (TPSA) is 72.6 Å². The lowest BCUT2D eigenvalue weighted by atomic mass is 9.93. The Morgan fingerprint density at radius 1 is 1.14 bits per heavy atom. The van der Waals surface area contributed by atoms with Gasteiger partial charge in [0.15, 0.2) is 0 Å². The van der Waals surface area contributed by atoms with Crippen LogP contribution in [0.25, 0.3) is 0 Å². The number of ether oxygens (including phenoxy) is 1.